The Labute approximate surface area is 176 Å². The maximum atomic E-state index is 12.5. The Hall–Kier alpha value is -2.78. The van der Waals surface area contributed by atoms with Crippen LogP contribution in [0.15, 0.2) is 40.9 Å². The molecule has 0 atom stereocenters. The van der Waals surface area contributed by atoms with Crippen molar-refractivity contribution in [3.63, 3.8) is 0 Å². The van der Waals surface area contributed by atoms with Crippen LogP contribution in [0.2, 0.25) is 0 Å². The van der Waals surface area contributed by atoms with Crippen molar-refractivity contribution in [1.29, 1.82) is 0 Å². The van der Waals surface area contributed by atoms with Crippen LogP contribution in [0.3, 0.4) is 0 Å². The summed E-state index contributed by atoms with van der Waals surface area (Å²) in [6.07, 6.45) is 3.85. The van der Waals surface area contributed by atoms with Crippen molar-refractivity contribution in [1.82, 2.24) is 20.1 Å². The van der Waals surface area contributed by atoms with E-state index in [1.165, 1.54) is 11.8 Å². The summed E-state index contributed by atoms with van der Waals surface area (Å²) in [4.78, 5) is 19.7. The summed E-state index contributed by atoms with van der Waals surface area (Å²) in [5.41, 5.74) is 0.994. The van der Waals surface area contributed by atoms with Gasteiger partial charge in [0.05, 0.1) is 5.75 Å². The van der Waals surface area contributed by atoms with E-state index >= 15 is 0 Å². The molecule has 9 heteroatoms. The second-order valence-electron chi connectivity index (χ2n) is 6.37. The first-order valence-corrected chi connectivity index (χ1v) is 10.9. The number of hydrogen-bond acceptors (Lipinski definition) is 7. The SMILES string of the molecule is CN(Cc1ccc2c(c1)OCCO2)C(=O)CSc1n[nH]c(/C=C/c2cccs2)n1. The minimum atomic E-state index is 0.00497. The lowest BCUT2D eigenvalue weighted by atomic mass is 10.2. The van der Waals surface area contributed by atoms with Gasteiger partial charge in [-0.25, -0.2) is 4.98 Å². The molecule has 4 rings (SSSR count). The lowest BCUT2D eigenvalue weighted by molar-refractivity contribution is -0.127. The molecule has 0 aliphatic carbocycles. The third-order valence-corrected chi connectivity index (χ3v) is 5.88. The highest BCUT2D eigenvalue weighted by atomic mass is 32.2. The van der Waals surface area contributed by atoms with E-state index in [1.54, 1.807) is 23.3 Å². The molecular weight excluding hydrogens is 408 g/mol. The predicted molar refractivity (Wildman–Crippen MR) is 114 cm³/mol. The first-order chi connectivity index (χ1) is 14.2. The maximum Gasteiger partial charge on any atom is 0.233 e. The highest BCUT2D eigenvalue weighted by Crippen LogP contribution is 2.31. The van der Waals surface area contributed by atoms with Crippen LogP contribution in [0.4, 0.5) is 0 Å². The van der Waals surface area contributed by atoms with Crippen LogP contribution in [0.5, 0.6) is 11.5 Å². The van der Waals surface area contributed by atoms with Crippen molar-refractivity contribution >= 4 is 41.2 Å². The summed E-state index contributed by atoms with van der Waals surface area (Å²) in [5.74, 6) is 2.42. The van der Waals surface area contributed by atoms with E-state index in [0.29, 0.717) is 30.7 Å². The molecule has 150 valence electrons. The molecular formula is C20H20N4O3S2. The van der Waals surface area contributed by atoms with E-state index < -0.39 is 0 Å². The number of aromatic nitrogens is 3. The van der Waals surface area contributed by atoms with Crippen molar-refractivity contribution in [3.8, 4) is 11.5 Å². The summed E-state index contributed by atoms with van der Waals surface area (Å²) < 4.78 is 11.1. The van der Waals surface area contributed by atoms with E-state index in [-0.39, 0.29) is 11.7 Å². The second-order valence-corrected chi connectivity index (χ2v) is 8.29. The highest BCUT2D eigenvalue weighted by Gasteiger charge is 2.15. The third kappa shape index (κ3) is 5.18. The molecule has 3 aromatic rings. The van der Waals surface area contributed by atoms with E-state index in [0.717, 1.165) is 21.9 Å². The quantitative estimate of drug-likeness (QED) is 0.580. The zero-order chi connectivity index (χ0) is 20.1. The number of thioether (sulfide) groups is 1. The number of carbonyl (C=O) groups is 1. The highest BCUT2D eigenvalue weighted by molar-refractivity contribution is 7.99. The summed E-state index contributed by atoms with van der Waals surface area (Å²) >= 11 is 2.97. The molecule has 1 amide bonds. The maximum absolute atomic E-state index is 12.5. The molecule has 0 fully saturated rings. The Morgan fingerprint density at radius 2 is 2.14 bits per heavy atom. The van der Waals surface area contributed by atoms with E-state index in [4.69, 9.17) is 9.47 Å². The molecule has 1 aliphatic heterocycles. The van der Waals surface area contributed by atoms with Gasteiger partial charge in [0.1, 0.15) is 19.0 Å². The average molecular weight is 429 g/mol. The van der Waals surface area contributed by atoms with E-state index in [9.17, 15) is 4.79 Å². The fourth-order valence-electron chi connectivity index (χ4n) is 2.73. The number of nitrogens with one attached hydrogen (secondary N) is 1. The normalized spacial score (nSPS) is 13.0. The van der Waals surface area contributed by atoms with Crippen LogP contribution in [-0.4, -0.2) is 52.0 Å². The Bertz CT molecular complexity index is 1000. The van der Waals surface area contributed by atoms with Crippen LogP contribution in [-0.2, 0) is 11.3 Å². The molecule has 0 radical (unpaired) electrons. The van der Waals surface area contributed by atoms with Gasteiger partial charge in [0, 0.05) is 18.5 Å². The lowest BCUT2D eigenvalue weighted by Crippen LogP contribution is -2.28. The number of ether oxygens (including phenoxy) is 2. The summed E-state index contributed by atoms with van der Waals surface area (Å²) in [6, 6.07) is 9.79. The summed E-state index contributed by atoms with van der Waals surface area (Å²) in [5, 5.41) is 9.61. The molecule has 0 saturated heterocycles. The second kappa shape index (κ2) is 9.15. The molecule has 0 unspecified atom stereocenters. The largest absolute Gasteiger partial charge is 0.486 e. The number of H-pyrrole nitrogens is 1. The first kappa shape index (κ1) is 19.5. The fraction of sp³-hybridized carbons (Fsp3) is 0.250. The Kier molecular flexibility index (Phi) is 6.16. The number of carbonyl (C=O) groups excluding carboxylic acids is 1. The fourth-order valence-corrected chi connectivity index (χ4v) is 4.09. The number of fused-ring (bicyclic) bond motifs is 1. The molecule has 1 aromatic carbocycles. The van der Waals surface area contributed by atoms with Gasteiger partial charge in [-0.3, -0.25) is 9.89 Å². The van der Waals surface area contributed by atoms with Crippen molar-refractivity contribution in [2.24, 2.45) is 0 Å². The molecule has 0 bridgehead atoms. The topological polar surface area (TPSA) is 80.3 Å². The average Bonchev–Trinajstić information content (AvgIpc) is 3.42. The molecule has 7 nitrogen and oxygen atoms in total. The first-order valence-electron chi connectivity index (χ1n) is 9.06. The lowest BCUT2D eigenvalue weighted by Gasteiger charge is -2.21. The van der Waals surface area contributed by atoms with E-state index in [2.05, 4.69) is 15.2 Å². The predicted octanol–water partition coefficient (Wildman–Crippen LogP) is 3.56. The van der Waals surface area contributed by atoms with E-state index in [1.807, 2.05) is 47.9 Å². The zero-order valence-corrected chi connectivity index (χ0v) is 17.5. The van der Waals surface area contributed by atoms with Crippen molar-refractivity contribution in [2.45, 2.75) is 11.7 Å². The number of amides is 1. The molecule has 3 heterocycles. The number of rotatable bonds is 7. The molecule has 1 aliphatic rings. The number of nitrogens with zero attached hydrogens (tertiary/aromatic N) is 3. The van der Waals surface area contributed by atoms with Crippen molar-refractivity contribution in [3.05, 3.63) is 52.0 Å². The van der Waals surface area contributed by atoms with Gasteiger partial charge in [-0.2, -0.15) is 0 Å². The number of benzene rings is 1. The number of aromatic amines is 1. The number of hydrogen-bond donors (Lipinski definition) is 1. The molecule has 0 saturated carbocycles. The minimum Gasteiger partial charge on any atom is -0.486 e. The Balaban J connectivity index is 1.28. The molecule has 0 spiro atoms. The smallest absolute Gasteiger partial charge is 0.233 e. The van der Waals surface area contributed by atoms with Gasteiger partial charge < -0.3 is 14.4 Å². The molecule has 29 heavy (non-hydrogen) atoms. The summed E-state index contributed by atoms with van der Waals surface area (Å²) in [7, 11) is 1.78. The number of thiophene rings is 1. The van der Waals surface area contributed by atoms with Gasteiger partial charge >= 0.3 is 0 Å². The van der Waals surface area contributed by atoms with Crippen molar-refractivity contribution in [2.75, 3.05) is 26.0 Å². The van der Waals surface area contributed by atoms with Crippen LogP contribution >= 0.6 is 23.1 Å². The molecule has 1 N–H and O–H groups in total. The standard InChI is InChI=1S/C20H20N4O3S2/c1-24(12-14-4-6-16-17(11-14)27-9-8-26-16)19(25)13-29-20-21-18(22-23-20)7-5-15-3-2-10-28-15/h2-7,10-11H,8-9,12-13H2,1H3,(H,21,22,23)/b7-5+. The van der Waals surface area contributed by atoms with Crippen LogP contribution in [0.25, 0.3) is 12.2 Å². The Morgan fingerprint density at radius 3 is 2.97 bits per heavy atom. The van der Waals surface area contributed by atoms with Gasteiger partial charge in [0.25, 0.3) is 0 Å². The van der Waals surface area contributed by atoms with Crippen LogP contribution in [0.1, 0.15) is 16.3 Å². The summed E-state index contributed by atoms with van der Waals surface area (Å²) in [6.45, 7) is 1.61. The van der Waals surface area contributed by atoms with Gasteiger partial charge in [0.15, 0.2) is 11.5 Å². The van der Waals surface area contributed by atoms with Gasteiger partial charge in [-0.05, 0) is 41.3 Å². The molecule has 2 aromatic heterocycles. The van der Waals surface area contributed by atoms with Gasteiger partial charge in [-0.1, -0.05) is 23.9 Å². The van der Waals surface area contributed by atoms with Crippen LogP contribution in [0, 0.1) is 0 Å². The van der Waals surface area contributed by atoms with Crippen molar-refractivity contribution < 1.29 is 14.3 Å². The van der Waals surface area contributed by atoms with Crippen LogP contribution < -0.4 is 9.47 Å². The zero-order valence-electron chi connectivity index (χ0n) is 15.8. The van der Waals surface area contributed by atoms with Gasteiger partial charge in [-0.15, -0.1) is 16.4 Å². The van der Waals surface area contributed by atoms with Gasteiger partial charge in [0.2, 0.25) is 11.1 Å². The third-order valence-electron chi connectivity index (χ3n) is 4.21. The minimum absolute atomic E-state index is 0.00497. The Morgan fingerprint density at radius 1 is 1.28 bits per heavy atom. The monoisotopic (exact) mass is 428 g/mol.